The predicted molar refractivity (Wildman–Crippen MR) is 149 cm³/mol. The van der Waals surface area contributed by atoms with Gasteiger partial charge in [-0.3, -0.25) is 4.79 Å². The first-order valence-electron chi connectivity index (χ1n) is 11.9. The average molecular weight is 527 g/mol. The number of carboxylic acids is 1. The molecule has 0 aliphatic heterocycles. The van der Waals surface area contributed by atoms with Crippen LogP contribution >= 0.6 is 11.8 Å². The monoisotopic (exact) mass is 526 g/mol. The molecular formula is C29H38O5SSi. The van der Waals surface area contributed by atoms with E-state index in [0.717, 1.165) is 4.90 Å². The molecule has 7 heteroatoms. The largest absolute Gasteiger partial charge is 0.481 e. The number of carbonyl (C=O) groups is 1. The lowest BCUT2D eigenvalue weighted by Gasteiger charge is -2.52. The fourth-order valence-corrected chi connectivity index (χ4v) is 6.84. The van der Waals surface area contributed by atoms with Gasteiger partial charge in [0.1, 0.15) is 18.5 Å². The Bertz CT molecular complexity index is 1070. The fourth-order valence-electron chi connectivity index (χ4n) is 3.83. The lowest BCUT2D eigenvalue weighted by atomic mass is 9.75. The summed E-state index contributed by atoms with van der Waals surface area (Å²) in [5.74, 6) is 10.4. The van der Waals surface area contributed by atoms with Crippen molar-refractivity contribution in [3.05, 3.63) is 55.1 Å². The molecule has 0 amide bonds. The maximum Gasteiger partial charge on any atom is 0.308 e. The van der Waals surface area contributed by atoms with Gasteiger partial charge in [0.05, 0.1) is 10.7 Å². The van der Waals surface area contributed by atoms with Gasteiger partial charge in [-0.1, -0.05) is 68.7 Å². The van der Waals surface area contributed by atoms with Crippen molar-refractivity contribution in [3.63, 3.8) is 0 Å². The van der Waals surface area contributed by atoms with Crippen LogP contribution in [0.2, 0.25) is 18.1 Å². The molecule has 0 saturated heterocycles. The summed E-state index contributed by atoms with van der Waals surface area (Å²) >= 11 is 1.41. The van der Waals surface area contributed by atoms with Gasteiger partial charge in [-0.2, -0.15) is 0 Å². The Labute approximate surface area is 221 Å². The zero-order valence-electron chi connectivity index (χ0n) is 22.4. The van der Waals surface area contributed by atoms with E-state index >= 15 is 0 Å². The van der Waals surface area contributed by atoms with E-state index < -0.39 is 36.7 Å². The Hall–Kier alpha value is -2.26. The average Bonchev–Trinajstić information content (AvgIpc) is 2.82. The second-order valence-electron chi connectivity index (χ2n) is 10.4. The normalized spacial score (nSPS) is 27.4. The molecule has 1 aliphatic rings. The molecule has 0 unspecified atom stereocenters. The van der Waals surface area contributed by atoms with Gasteiger partial charge in [0, 0.05) is 18.4 Å². The molecule has 0 radical (unpaired) electrons. The minimum Gasteiger partial charge on any atom is -0.481 e. The molecule has 0 aromatic heterocycles. The zero-order valence-corrected chi connectivity index (χ0v) is 24.2. The highest BCUT2D eigenvalue weighted by molar-refractivity contribution is 8.01. The van der Waals surface area contributed by atoms with E-state index in [0.29, 0.717) is 0 Å². The van der Waals surface area contributed by atoms with Crippen LogP contribution in [-0.2, 0) is 18.7 Å². The molecule has 4 atom stereocenters. The smallest absolute Gasteiger partial charge is 0.308 e. The van der Waals surface area contributed by atoms with E-state index in [1.54, 1.807) is 18.2 Å². The van der Waals surface area contributed by atoms with E-state index in [-0.39, 0.29) is 18.3 Å². The summed E-state index contributed by atoms with van der Waals surface area (Å²) in [6.45, 7) is 16.8. The number of ether oxygens (including phenoxy) is 2. The highest BCUT2D eigenvalue weighted by Gasteiger charge is 2.58. The van der Waals surface area contributed by atoms with E-state index in [4.69, 9.17) is 13.9 Å². The summed E-state index contributed by atoms with van der Waals surface area (Å²) in [6.07, 6.45) is 4.43. The first-order chi connectivity index (χ1) is 16.8. The molecule has 1 N–H and O–H groups in total. The molecular weight excluding hydrogens is 488 g/mol. The van der Waals surface area contributed by atoms with Gasteiger partial charge in [-0.25, -0.2) is 0 Å². The summed E-state index contributed by atoms with van der Waals surface area (Å²) in [7, 11) is -0.915. The molecule has 0 bridgehead atoms. The lowest BCUT2D eigenvalue weighted by Crippen LogP contribution is -2.61. The fraction of sp³-hybridized carbons (Fsp3) is 0.483. The zero-order chi connectivity index (χ0) is 27.0. The molecule has 0 heterocycles. The van der Waals surface area contributed by atoms with E-state index in [2.05, 4.69) is 64.1 Å². The highest BCUT2D eigenvalue weighted by Crippen LogP contribution is 2.53. The molecule has 0 saturated carbocycles. The molecule has 5 nitrogen and oxygen atoms in total. The van der Waals surface area contributed by atoms with Crippen LogP contribution in [0.1, 0.15) is 34.1 Å². The van der Waals surface area contributed by atoms with Gasteiger partial charge < -0.3 is 19.0 Å². The van der Waals surface area contributed by atoms with Crippen LogP contribution < -0.4 is 0 Å². The maximum absolute atomic E-state index is 13.0. The summed E-state index contributed by atoms with van der Waals surface area (Å²) < 4.78 is 16.7. The number of rotatable bonds is 9. The van der Waals surface area contributed by atoms with Crippen LogP contribution in [0.3, 0.4) is 0 Å². The second kappa shape index (κ2) is 12.3. The molecule has 36 heavy (non-hydrogen) atoms. The third-order valence-electron chi connectivity index (χ3n) is 6.80. The number of hydrogen-bond acceptors (Lipinski definition) is 5. The van der Waals surface area contributed by atoms with E-state index in [1.807, 2.05) is 37.3 Å². The van der Waals surface area contributed by atoms with Gasteiger partial charge in [-0.05, 0) is 49.3 Å². The summed E-state index contributed by atoms with van der Waals surface area (Å²) in [5.41, 5.74) is -1.21. The van der Waals surface area contributed by atoms with Crippen LogP contribution in [0.15, 0.2) is 60.0 Å². The molecule has 0 fully saturated rings. The summed E-state index contributed by atoms with van der Waals surface area (Å²) in [4.78, 5) is 13.9. The number of aliphatic carboxylic acids is 1. The summed E-state index contributed by atoms with van der Waals surface area (Å²) in [5, 5.41) is 10.5. The molecule has 1 aliphatic carbocycles. The minimum absolute atomic E-state index is 0.00342. The van der Waals surface area contributed by atoms with Gasteiger partial charge in [0.2, 0.25) is 0 Å². The molecule has 194 valence electrons. The molecule has 2 rings (SSSR count). The Morgan fingerprint density at radius 2 is 1.89 bits per heavy atom. The van der Waals surface area contributed by atoms with Gasteiger partial charge >= 0.3 is 5.97 Å². The van der Waals surface area contributed by atoms with Crippen molar-refractivity contribution >= 4 is 26.0 Å². The van der Waals surface area contributed by atoms with Crippen LogP contribution in [-0.4, -0.2) is 49.7 Å². The minimum atomic E-state index is -2.43. The molecule has 1 aromatic rings. The number of thioether (sulfide) groups is 1. The maximum atomic E-state index is 13.0. The number of allylic oxidation sites excluding steroid dienone is 2. The number of benzene rings is 1. The molecule has 1 aromatic carbocycles. The Morgan fingerprint density at radius 3 is 2.44 bits per heavy atom. The van der Waals surface area contributed by atoms with Crippen LogP contribution in [0.25, 0.3) is 0 Å². The predicted octanol–water partition coefficient (Wildman–Crippen LogP) is 6.14. The third-order valence-corrected chi connectivity index (χ3v) is 13.0. The van der Waals surface area contributed by atoms with Gasteiger partial charge in [0.15, 0.2) is 8.32 Å². The first-order valence-corrected chi connectivity index (χ1v) is 15.6. The van der Waals surface area contributed by atoms with Crippen molar-refractivity contribution < 1.29 is 23.8 Å². The molecule has 0 spiro atoms. The van der Waals surface area contributed by atoms with Crippen molar-refractivity contribution in [2.75, 3.05) is 13.9 Å². The standard InChI is InChI=1S/C29H38O5SSi/c1-9-29(35-24-18-14-12-15-19-24)25(26(30)31)21-23(33-22-32-6)17-13-10-11-16-20-28(29,5)34-36(7,8)27(2,3)4/h9-12,14-15,18-19,23,25H,1,21-22H2,2-8H3,(H,30,31)/b11-10-/t23-,25+,28+,29-/m0/s1. The van der Waals surface area contributed by atoms with E-state index in [1.165, 1.54) is 18.9 Å². The van der Waals surface area contributed by atoms with Crippen molar-refractivity contribution in [3.8, 4) is 23.7 Å². The Balaban J connectivity index is 2.86. The van der Waals surface area contributed by atoms with Crippen LogP contribution in [0, 0.1) is 29.6 Å². The third kappa shape index (κ3) is 6.94. The second-order valence-corrected chi connectivity index (χ2v) is 16.5. The van der Waals surface area contributed by atoms with Crippen LogP contribution in [0.4, 0.5) is 0 Å². The van der Waals surface area contributed by atoms with E-state index in [9.17, 15) is 9.90 Å². The quantitative estimate of drug-likeness (QED) is 0.180. The van der Waals surface area contributed by atoms with Gasteiger partial charge in [-0.15, -0.1) is 18.3 Å². The van der Waals surface area contributed by atoms with Gasteiger partial charge in [0.25, 0.3) is 0 Å². The highest BCUT2D eigenvalue weighted by atomic mass is 32.2. The number of carboxylic acid groups (broad SMARTS) is 1. The Kier molecular flexibility index (Phi) is 10.3. The topological polar surface area (TPSA) is 65.0 Å². The van der Waals surface area contributed by atoms with Crippen molar-refractivity contribution in [1.29, 1.82) is 0 Å². The SMILES string of the molecule is C=C[C@]1(Sc2ccccc2)[C@@H](C(=O)O)C[C@@H](OCOC)C#C/C=C\C#C[C@@]1(C)O[Si](C)(C)C(C)(C)C. The van der Waals surface area contributed by atoms with Crippen molar-refractivity contribution in [1.82, 2.24) is 0 Å². The van der Waals surface area contributed by atoms with Crippen molar-refractivity contribution in [2.24, 2.45) is 5.92 Å². The summed E-state index contributed by atoms with van der Waals surface area (Å²) in [6, 6.07) is 9.70. The van der Waals surface area contributed by atoms with Crippen molar-refractivity contribution in [2.45, 2.75) is 73.6 Å². The number of methoxy groups -OCH3 is 1. The van der Waals surface area contributed by atoms with Crippen LogP contribution in [0.5, 0.6) is 0 Å². The number of hydrogen-bond donors (Lipinski definition) is 1. The lowest BCUT2D eigenvalue weighted by molar-refractivity contribution is -0.146. The Morgan fingerprint density at radius 1 is 1.25 bits per heavy atom. The first kappa shape index (κ1) is 30.0.